The molecule has 0 unspecified atom stereocenters. The van der Waals surface area contributed by atoms with Crippen molar-refractivity contribution in [1.82, 2.24) is 0 Å². The summed E-state index contributed by atoms with van der Waals surface area (Å²) in [7, 11) is 1.53. The van der Waals surface area contributed by atoms with Gasteiger partial charge >= 0.3 is 0 Å². The zero-order chi connectivity index (χ0) is 13.8. The molecule has 1 aromatic carbocycles. The fourth-order valence-corrected chi connectivity index (χ4v) is 2.26. The summed E-state index contributed by atoms with van der Waals surface area (Å²) in [4.78, 5) is 12.3. The largest absolute Gasteiger partial charge is 0.370 e. The first-order valence-corrected chi connectivity index (χ1v) is 6.39. The lowest BCUT2D eigenvalue weighted by molar-refractivity contribution is -0.141. The molecule has 0 aromatic heterocycles. The van der Waals surface area contributed by atoms with Crippen LogP contribution in [0.4, 0.5) is 4.39 Å². The average Bonchev–Trinajstić information content (AvgIpc) is 2.38. The minimum atomic E-state index is -0.796. The molecule has 1 rings (SSSR count). The zero-order valence-electron chi connectivity index (χ0n) is 10.9. The van der Waals surface area contributed by atoms with Crippen molar-refractivity contribution in [2.45, 2.75) is 38.7 Å². The summed E-state index contributed by atoms with van der Waals surface area (Å²) in [5, 5.41) is 0.0167. The molecule has 0 saturated heterocycles. The minimum absolute atomic E-state index is 0.0167. The number of carbonyl (C=O) groups is 1. The molecule has 0 atom stereocenters. The van der Waals surface area contributed by atoms with E-state index >= 15 is 0 Å². The highest BCUT2D eigenvalue weighted by molar-refractivity contribution is 6.31. The van der Waals surface area contributed by atoms with Gasteiger partial charge in [-0.25, -0.2) is 4.39 Å². The molecule has 0 aliphatic heterocycles. The molecule has 1 aromatic rings. The number of ketones is 1. The van der Waals surface area contributed by atoms with Gasteiger partial charge in [0, 0.05) is 13.5 Å². The second kappa shape index (κ2) is 6.30. The van der Waals surface area contributed by atoms with Gasteiger partial charge in [0.25, 0.3) is 0 Å². The quantitative estimate of drug-likeness (QED) is 0.787. The number of methoxy groups -OCH3 is 1. The van der Waals surface area contributed by atoms with Gasteiger partial charge in [-0.05, 0) is 24.5 Å². The molecule has 0 aliphatic rings. The van der Waals surface area contributed by atoms with E-state index in [2.05, 4.69) is 0 Å². The molecule has 4 heteroatoms. The predicted octanol–water partition coefficient (Wildman–Crippen LogP) is 3.80. The lowest BCUT2D eigenvalue weighted by Gasteiger charge is -2.28. The highest BCUT2D eigenvalue weighted by Crippen LogP contribution is 2.26. The third-order valence-electron chi connectivity index (χ3n) is 3.42. The minimum Gasteiger partial charge on any atom is -0.370 e. The second-order valence-corrected chi connectivity index (χ2v) is 4.60. The first kappa shape index (κ1) is 15.1. The Balaban J connectivity index is 2.97. The van der Waals surface area contributed by atoms with Gasteiger partial charge < -0.3 is 4.74 Å². The summed E-state index contributed by atoms with van der Waals surface area (Å²) >= 11 is 5.85. The third-order valence-corrected chi connectivity index (χ3v) is 3.85. The summed E-state index contributed by atoms with van der Waals surface area (Å²) in [6.45, 7) is 3.80. The molecule has 0 amide bonds. The highest BCUT2D eigenvalue weighted by atomic mass is 35.5. The summed E-state index contributed by atoms with van der Waals surface area (Å²) in [6, 6.07) is 4.49. The number of hydrogen-bond donors (Lipinski definition) is 0. The van der Waals surface area contributed by atoms with Crippen molar-refractivity contribution in [2.24, 2.45) is 0 Å². The monoisotopic (exact) mass is 272 g/mol. The van der Waals surface area contributed by atoms with Crippen molar-refractivity contribution in [1.29, 1.82) is 0 Å². The predicted molar refractivity (Wildman–Crippen MR) is 70.4 cm³/mol. The molecule has 0 heterocycles. The van der Waals surface area contributed by atoms with E-state index in [1.807, 2.05) is 13.8 Å². The molecule has 0 radical (unpaired) electrons. The number of halogens is 2. The fraction of sp³-hybridized carbons (Fsp3) is 0.500. The maximum Gasteiger partial charge on any atom is 0.168 e. The number of ether oxygens (including phenoxy) is 1. The normalized spacial score (nSPS) is 11.6. The molecule has 0 fully saturated rings. The lowest BCUT2D eigenvalue weighted by Crippen LogP contribution is -2.40. The molecule has 0 aliphatic carbocycles. The van der Waals surface area contributed by atoms with Gasteiger partial charge in [-0.3, -0.25) is 4.79 Å². The van der Waals surface area contributed by atoms with Crippen molar-refractivity contribution in [3.05, 3.63) is 34.6 Å². The number of Topliss-reactive ketones (excluding diaryl/α,β-unsaturated/α-hetero) is 1. The molecule has 2 nitrogen and oxygen atoms in total. The lowest BCUT2D eigenvalue weighted by atomic mass is 9.88. The van der Waals surface area contributed by atoms with Crippen molar-refractivity contribution < 1.29 is 13.9 Å². The Hall–Kier alpha value is -0.930. The number of rotatable bonds is 6. The van der Waals surface area contributed by atoms with Gasteiger partial charge in [-0.15, -0.1) is 0 Å². The number of hydrogen-bond acceptors (Lipinski definition) is 2. The van der Waals surface area contributed by atoms with Gasteiger partial charge in [-0.1, -0.05) is 37.6 Å². The zero-order valence-corrected chi connectivity index (χ0v) is 11.7. The van der Waals surface area contributed by atoms with Crippen molar-refractivity contribution in [2.75, 3.05) is 7.11 Å². The van der Waals surface area contributed by atoms with E-state index in [0.717, 1.165) is 0 Å². The van der Waals surface area contributed by atoms with E-state index in [4.69, 9.17) is 16.3 Å². The number of benzene rings is 1. The Labute approximate surface area is 112 Å². The average molecular weight is 273 g/mol. The summed E-state index contributed by atoms with van der Waals surface area (Å²) in [5.41, 5.74) is -0.291. The van der Waals surface area contributed by atoms with Crippen LogP contribution in [0.5, 0.6) is 0 Å². The summed E-state index contributed by atoms with van der Waals surface area (Å²) in [6.07, 6.45) is 1.27. The van der Waals surface area contributed by atoms with E-state index in [-0.39, 0.29) is 17.2 Å². The Kier molecular flexibility index (Phi) is 5.29. The van der Waals surface area contributed by atoms with E-state index in [1.54, 1.807) is 12.1 Å². The molecule has 0 saturated carbocycles. The summed E-state index contributed by atoms with van der Waals surface area (Å²) in [5.74, 6) is -0.569. The fourth-order valence-electron chi connectivity index (χ4n) is 2.07. The first-order valence-electron chi connectivity index (χ1n) is 6.02. The first-order chi connectivity index (χ1) is 8.50. The van der Waals surface area contributed by atoms with Gasteiger partial charge in [0.2, 0.25) is 0 Å². The van der Waals surface area contributed by atoms with Crippen LogP contribution in [-0.4, -0.2) is 18.5 Å². The third kappa shape index (κ3) is 2.90. The molecular weight excluding hydrogens is 255 g/mol. The van der Waals surface area contributed by atoms with Crippen LogP contribution in [0.25, 0.3) is 0 Å². The van der Waals surface area contributed by atoms with Crippen LogP contribution in [0.1, 0.15) is 32.3 Å². The topological polar surface area (TPSA) is 26.3 Å². The maximum atomic E-state index is 13.3. The van der Waals surface area contributed by atoms with Gasteiger partial charge in [-0.2, -0.15) is 0 Å². The van der Waals surface area contributed by atoms with Crippen LogP contribution >= 0.6 is 11.6 Å². The molecule has 0 bridgehead atoms. The van der Waals surface area contributed by atoms with Crippen molar-refractivity contribution >= 4 is 17.4 Å². The van der Waals surface area contributed by atoms with E-state index < -0.39 is 11.4 Å². The Morgan fingerprint density at radius 1 is 1.39 bits per heavy atom. The van der Waals surface area contributed by atoms with Crippen LogP contribution in [0.2, 0.25) is 5.02 Å². The highest BCUT2D eigenvalue weighted by Gasteiger charge is 2.34. The maximum absolute atomic E-state index is 13.3. The van der Waals surface area contributed by atoms with Crippen molar-refractivity contribution in [3.63, 3.8) is 0 Å². The smallest absolute Gasteiger partial charge is 0.168 e. The van der Waals surface area contributed by atoms with Crippen LogP contribution in [-0.2, 0) is 16.0 Å². The molecule has 0 spiro atoms. The summed E-state index contributed by atoms with van der Waals surface area (Å²) < 4.78 is 18.7. The van der Waals surface area contributed by atoms with Crippen LogP contribution in [0, 0.1) is 5.82 Å². The number of carbonyl (C=O) groups excluding carboxylic acids is 1. The molecule has 0 N–H and O–H groups in total. The van der Waals surface area contributed by atoms with Crippen LogP contribution in [0.15, 0.2) is 18.2 Å². The van der Waals surface area contributed by atoms with Gasteiger partial charge in [0.05, 0.1) is 5.02 Å². The van der Waals surface area contributed by atoms with E-state index in [1.165, 1.54) is 13.2 Å². The molecule has 18 heavy (non-hydrogen) atoms. The van der Waals surface area contributed by atoms with Crippen LogP contribution < -0.4 is 0 Å². The SMILES string of the molecule is CCC(CC)(OC)C(=O)Cc1cccc(F)c1Cl. The Morgan fingerprint density at radius 3 is 2.50 bits per heavy atom. The Bertz CT molecular complexity index is 420. The molecule has 100 valence electrons. The standard InChI is InChI=1S/C14H18ClFO2/c1-4-14(5-2,18-3)12(17)9-10-7-6-8-11(16)13(10)15/h6-8H,4-5,9H2,1-3H3. The Morgan fingerprint density at radius 2 is 2.00 bits per heavy atom. The van der Waals surface area contributed by atoms with Gasteiger partial charge in [0.15, 0.2) is 5.78 Å². The van der Waals surface area contributed by atoms with Crippen LogP contribution in [0.3, 0.4) is 0 Å². The van der Waals surface area contributed by atoms with E-state index in [0.29, 0.717) is 18.4 Å². The second-order valence-electron chi connectivity index (χ2n) is 4.22. The molecular formula is C14H18ClFO2. The van der Waals surface area contributed by atoms with Gasteiger partial charge in [0.1, 0.15) is 11.4 Å². The van der Waals surface area contributed by atoms with Crippen molar-refractivity contribution in [3.8, 4) is 0 Å². The van der Waals surface area contributed by atoms with E-state index in [9.17, 15) is 9.18 Å².